The lowest BCUT2D eigenvalue weighted by atomic mass is 10.3. The third kappa shape index (κ3) is 5.32. The van der Waals surface area contributed by atoms with E-state index in [0.717, 1.165) is 39.3 Å². The van der Waals surface area contributed by atoms with Crippen molar-refractivity contribution in [2.24, 2.45) is 0 Å². The quantitative estimate of drug-likeness (QED) is 0.760. The van der Waals surface area contributed by atoms with Gasteiger partial charge in [0.15, 0.2) is 0 Å². The zero-order valence-electron chi connectivity index (χ0n) is 10.2. The first kappa shape index (κ1) is 13.3. The van der Waals surface area contributed by atoms with Gasteiger partial charge in [-0.3, -0.25) is 4.90 Å². The Labute approximate surface area is 97.1 Å². The summed E-state index contributed by atoms with van der Waals surface area (Å²) in [5, 5.41) is 2.75. The summed E-state index contributed by atoms with van der Waals surface area (Å²) < 4.78 is 10.3. The van der Waals surface area contributed by atoms with Crippen molar-refractivity contribution in [1.82, 2.24) is 10.2 Å². The average molecular weight is 230 g/mol. The summed E-state index contributed by atoms with van der Waals surface area (Å²) in [5.74, 6) is 0. The highest BCUT2D eigenvalue weighted by molar-refractivity contribution is 5.67. The van der Waals surface area contributed by atoms with Gasteiger partial charge in [0.05, 0.1) is 13.2 Å². The van der Waals surface area contributed by atoms with E-state index in [-0.39, 0.29) is 12.2 Å². The Balaban J connectivity index is 2.03. The molecule has 0 saturated carbocycles. The molecule has 0 aromatic rings. The Morgan fingerprint density at radius 1 is 1.50 bits per heavy atom. The third-order valence-electron chi connectivity index (χ3n) is 2.68. The molecule has 0 aromatic heterocycles. The van der Waals surface area contributed by atoms with Gasteiger partial charge in [-0.05, 0) is 13.3 Å². The fourth-order valence-corrected chi connectivity index (χ4v) is 1.45. The van der Waals surface area contributed by atoms with Crippen molar-refractivity contribution >= 4 is 6.09 Å². The van der Waals surface area contributed by atoms with Gasteiger partial charge in [-0.1, -0.05) is 6.92 Å². The fraction of sp³-hybridized carbons (Fsp3) is 0.909. The zero-order chi connectivity index (χ0) is 11.8. The Bertz CT molecular complexity index is 205. The predicted octanol–water partition coefficient (Wildman–Crippen LogP) is 0.843. The second-order valence-corrected chi connectivity index (χ2v) is 4.00. The molecule has 1 rings (SSSR count). The summed E-state index contributed by atoms with van der Waals surface area (Å²) in [5.41, 5.74) is 0. The van der Waals surface area contributed by atoms with Crippen LogP contribution in [0.25, 0.3) is 0 Å². The molecule has 1 heterocycles. The first-order valence-electron chi connectivity index (χ1n) is 5.97. The number of nitrogens with zero attached hydrogens (tertiary/aromatic N) is 1. The zero-order valence-corrected chi connectivity index (χ0v) is 10.2. The van der Waals surface area contributed by atoms with Crippen LogP contribution in [0, 0.1) is 0 Å². The minimum absolute atomic E-state index is 0.0108. The first-order valence-corrected chi connectivity index (χ1v) is 5.97. The van der Waals surface area contributed by atoms with Crippen LogP contribution in [0.1, 0.15) is 20.3 Å². The molecule has 1 N–H and O–H groups in total. The molecule has 0 aromatic carbocycles. The smallest absolute Gasteiger partial charge is 0.407 e. The highest BCUT2D eigenvalue weighted by Gasteiger charge is 2.11. The fourth-order valence-electron chi connectivity index (χ4n) is 1.45. The van der Waals surface area contributed by atoms with Crippen LogP contribution in [0.4, 0.5) is 4.79 Å². The van der Waals surface area contributed by atoms with Crippen LogP contribution in [0.15, 0.2) is 0 Å². The molecule has 5 heteroatoms. The van der Waals surface area contributed by atoms with Crippen molar-refractivity contribution in [2.75, 3.05) is 39.4 Å². The SMILES string of the molecule is CC[C@@H](C)OC(=O)NCCN1CCOCC1. The van der Waals surface area contributed by atoms with Crippen LogP contribution in [-0.4, -0.2) is 56.5 Å². The second kappa shape index (κ2) is 7.46. The number of morpholine rings is 1. The molecule has 0 bridgehead atoms. The number of carbonyl (C=O) groups is 1. The molecule has 5 nitrogen and oxygen atoms in total. The molecule has 1 atom stereocenters. The van der Waals surface area contributed by atoms with Crippen molar-refractivity contribution in [3.05, 3.63) is 0 Å². The number of amides is 1. The average Bonchev–Trinajstić information content (AvgIpc) is 2.30. The van der Waals surface area contributed by atoms with E-state index in [1.54, 1.807) is 0 Å². The van der Waals surface area contributed by atoms with E-state index in [1.165, 1.54) is 0 Å². The van der Waals surface area contributed by atoms with E-state index >= 15 is 0 Å². The van der Waals surface area contributed by atoms with Crippen molar-refractivity contribution in [1.29, 1.82) is 0 Å². The lowest BCUT2D eigenvalue weighted by Crippen LogP contribution is -2.41. The minimum atomic E-state index is -0.317. The van der Waals surface area contributed by atoms with E-state index in [0.29, 0.717) is 6.54 Å². The van der Waals surface area contributed by atoms with Gasteiger partial charge >= 0.3 is 6.09 Å². The molecule has 16 heavy (non-hydrogen) atoms. The maximum absolute atomic E-state index is 11.3. The molecule has 1 aliphatic rings. The number of hydrogen-bond donors (Lipinski definition) is 1. The maximum atomic E-state index is 11.3. The van der Waals surface area contributed by atoms with Gasteiger partial charge in [0.2, 0.25) is 0 Å². The van der Waals surface area contributed by atoms with E-state index < -0.39 is 0 Å². The van der Waals surface area contributed by atoms with Gasteiger partial charge in [-0.2, -0.15) is 0 Å². The first-order chi connectivity index (χ1) is 7.72. The van der Waals surface area contributed by atoms with Crippen molar-refractivity contribution in [2.45, 2.75) is 26.4 Å². The molecule has 0 aliphatic carbocycles. The summed E-state index contributed by atoms with van der Waals surface area (Å²) in [7, 11) is 0. The summed E-state index contributed by atoms with van der Waals surface area (Å²) in [6.07, 6.45) is 0.516. The van der Waals surface area contributed by atoms with E-state index in [1.807, 2.05) is 13.8 Å². The molecule has 0 spiro atoms. The molecule has 0 radical (unpaired) electrons. The molecular formula is C11H22N2O3. The van der Waals surface area contributed by atoms with Gasteiger partial charge in [-0.25, -0.2) is 4.79 Å². The van der Waals surface area contributed by atoms with Crippen molar-refractivity contribution in [3.63, 3.8) is 0 Å². The highest BCUT2D eigenvalue weighted by Crippen LogP contribution is 1.97. The van der Waals surface area contributed by atoms with E-state index in [2.05, 4.69) is 10.2 Å². The molecule has 1 fully saturated rings. The third-order valence-corrected chi connectivity index (χ3v) is 2.68. The van der Waals surface area contributed by atoms with Crippen LogP contribution in [0.5, 0.6) is 0 Å². The molecule has 1 amide bonds. The van der Waals surface area contributed by atoms with Crippen LogP contribution < -0.4 is 5.32 Å². The summed E-state index contributed by atoms with van der Waals surface area (Å²) in [4.78, 5) is 13.5. The number of nitrogens with one attached hydrogen (secondary N) is 1. The van der Waals surface area contributed by atoms with Gasteiger partial charge in [0, 0.05) is 26.2 Å². The van der Waals surface area contributed by atoms with Crippen LogP contribution in [0.3, 0.4) is 0 Å². The lowest BCUT2D eigenvalue weighted by Gasteiger charge is -2.26. The molecular weight excluding hydrogens is 208 g/mol. The molecule has 94 valence electrons. The van der Waals surface area contributed by atoms with E-state index in [4.69, 9.17) is 9.47 Å². The second-order valence-electron chi connectivity index (χ2n) is 4.00. The largest absolute Gasteiger partial charge is 0.447 e. The predicted molar refractivity (Wildman–Crippen MR) is 61.5 cm³/mol. The Morgan fingerprint density at radius 2 is 2.19 bits per heavy atom. The lowest BCUT2D eigenvalue weighted by molar-refractivity contribution is 0.0379. The topological polar surface area (TPSA) is 50.8 Å². The van der Waals surface area contributed by atoms with Gasteiger partial charge in [-0.15, -0.1) is 0 Å². The normalized spacial score (nSPS) is 19.1. The number of carbonyl (C=O) groups excluding carboxylic acids is 1. The van der Waals surface area contributed by atoms with E-state index in [9.17, 15) is 4.79 Å². The van der Waals surface area contributed by atoms with Crippen molar-refractivity contribution in [3.8, 4) is 0 Å². The summed E-state index contributed by atoms with van der Waals surface area (Å²) in [6.45, 7) is 8.85. The summed E-state index contributed by atoms with van der Waals surface area (Å²) in [6, 6.07) is 0. The van der Waals surface area contributed by atoms with Crippen LogP contribution in [0.2, 0.25) is 0 Å². The highest BCUT2D eigenvalue weighted by atomic mass is 16.6. The van der Waals surface area contributed by atoms with Crippen molar-refractivity contribution < 1.29 is 14.3 Å². The van der Waals surface area contributed by atoms with Gasteiger partial charge in [0.25, 0.3) is 0 Å². The monoisotopic (exact) mass is 230 g/mol. The van der Waals surface area contributed by atoms with Gasteiger partial charge < -0.3 is 14.8 Å². The number of hydrogen-bond acceptors (Lipinski definition) is 4. The minimum Gasteiger partial charge on any atom is -0.447 e. The molecule has 1 saturated heterocycles. The number of alkyl carbamates (subject to hydrolysis) is 1. The van der Waals surface area contributed by atoms with Gasteiger partial charge in [0.1, 0.15) is 6.10 Å². The molecule has 1 aliphatic heterocycles. The Hall–Kier alpha value is -0.810. The Morgan fingerprint density at radius 3 is 2.81 bits per heavy atom. The van der Waals surface area contributed by atoms with Crippen LogP contribution >= 0.6 is 0 Å². The van der Waals surface area contributed by atoms with Crippen LogP contribution in [-0.2, 0) is 9.47 Å². The number of ether oxygens (including phenoxy) is 2. The summed E-state index contributed by atoms with van der Waals surface area (Å²) >= 11 is 0. The standard InChI is InChI=1S/C11H22N2O3/c1-3-10(2)16-11(14)12-4-5-13-6-8-15-9-7-13/h10H,3-9H2,1-2H3,(H,12,14)/t10-/m1/s1. The maximum Gasteiger partial charge on any atom is 0.407 e. The Kier molecular flexibility index (Phi) is 6.18. The number of rotatable bonds is 5. The molecule has 0 unspecified atom stereocenters.